The normalized spacial score (nSPS) is 11.3. The molecular formula is C35H62O11. The van der Waals surface area contributed by atoms with Gasteiger partial charge in [-0.25, -0.2) is 0 Å². The smallest absolute Gasteiger partial charge is 0.308 e. The van der Waals surface area contributed by atoms with Crippen molar-refractivity contribution in [3.8, 4) is 5.75 Å². The van der Waals surface area contributed by atoms with E-state index in [2.05, 4.69) is 19.1 Å². The minimum atomic E-state index is -0.247. The van der Waals surface area contributed by atoms with Gasteiger partial charge in [0, 0.05) is 0 Å². The van der Waals surface area contributed by atoms with Crippen molar-refractivity contribution in [2.24, 2.45) is 0 Å². The predicted octanol–water partition coefficient (Wildman–Crippen LogP) is 5.05. The lowest BCUT2D eigenvalue weighted by molar-refractivity contribution is -0.144. The molecule has 0 fully saturated rings. The van der Waals surface area contributed by atoms with Gasteiger partial charge in [0.05, 0.1) is 119 Å². The van der Waals surface area contributed by atoms with Crippen molar-refractivity contribution in [1.82, 2.24) is 0 Å². The SMILES string of the molecule is CCCCCCCCc1ccc(OCCOCCOCCOCCOCCOCCOCCOCCOCCC(=O)OCC)cc1. The summed E-state index contributed by atoms with van der Waals surface area (Å²) in [5.74, 6) is 0.636. The molecule has 0 radical (unpaired) electrons. The van der Waals surface area contributed by atoms with Crippen molar-refractivity contribution in [3.63, 3.8) is 0 Å². The van der Waals surface area contributed by atoms with Gasteiger partial charge in [-0.15, -0.1) is 0 Å². The molecule has 0 aliphatic heterocycles. The van der Waals surface area contributed by atoms with E-state index in [1.54, 1.807) is 6.92 Å². The molecular weight excluding hydrogens is 596 g/mol. The first kappa shape index (κ1) is 42.2. The van der Waals surface area contributed by atoms with Crippen molar-refractivity contribution in [1.29, 1.82) is 0 Å². The van der Waals surface area contributed by atoms with Crippen molar-refractivity contribution in [2.45, 2.75) is 65.2 Å². The van der Waals surface area contributed by atoms with Gasteiger partial charge in [0.15, 0.2) is 0 Å². The standard InChI is InChI=1S/C35H62O11/c1-3-5-6-7-8-9-10-33-11-13-34(14-12-33)46-32-31-44-30-29-43-28-27-42-26-25-41-24-23-40-22-21-39-20-19-38-18-17-37-16-15-35(36)45-4-2/h11-14H,3-10,15-32H2,1-2H3. The number of hydrogen-bond donors (Lipinski definition) is 0. The molecule has 46 heavy (non-hydrogen) atoms. The Kier molecular flexibility index (Phi) is 31.6. The number of carbonyl (C=O) groups is 1. The minimum Gasteiger partial charge on any atom is -0.491 e. The highest BCUT2D eigenvalue weighted by atomic mass is 16.6. The Labute approximate surface area is 277 Å². The van der Waals surface area contributed by atoms with E-state index in [0.717, 1.165) is 12.2 Å². The van der Waals surface area contributed by atoms with Crippen LogP contribution in [0.4, 0.5) is 0 Å². The summed E-state index contributed by atoms with van der Waals surface area (Å²) in [6.45, 7) is 12.8. The summed E-state index contributed by atoms with van der Waals surface area (Å²) in [7, 11) is 0. The second-order valence-electron chi connectivity index (χ2n) is 10.5. The van der Waals surface area contributed by atoms with E-state index in [9.17, 15) is 4.79 Å². The molecule has 0 aliphatic carbocycles. The fraction of sp³-hybridized carbons (Fsp3) is 0.800. The van der Waals surface area contributed by atoms with Crippen LogP contribution in [0.25, 0.3) is 0 Å². The Balaban J connectivity index is 1.71. The number of rotatable bonds is 36. The molecule has 0 heterocycles. The molecule has 1 aromatic carbocycles. The molecule has 0 spiro atoms. The minimum absolute atomic E-state index is 0.247. The van der Waals surface area contributed by atoms with Crippen LogP contribution in [0.5, 0.6) is 5.75 Å². The quantitative estimate of drug-likeness (QED) is 0.0714. The Hall–Kier alpha value is -1.83. The zero-order valence-corrected chi connectivity index (χ0v) is 28.7. The van der Waals surface area contributed by atoms with Crippen LogP contribution in [-0.2, 0) is 53.8 Å². The van der Waals surface area contributed by atoms with Crippen LogP contribution in [-0.4, -0.2) is 125 Å². The molecule has 0 saturated heterocycles. The molecule has 0 aromatic heterocycles. The Morgan fingerprint density at radius 2 is 0.870 bits per heavy atom. The van der Waals surface area contributed by atoms with Gasteiger partial charge in [-0.1, -0.05) is 51.2 Å². The lowest BCUT2D eigenvalue weighted by Crippen LogP contribution is -2.15. The summed E-state index contributed by atoms with van der Waals surface area (Å²) in [6.07, 6.45) is 9.34. The second-order valence-corrected chi connectivity index (χ2v) is 10.5. The largest absolute Gasteiger partial charge is 0.491 e. The third-order valence-corrected chi connectivity index (χ3v) is 6.60. The lowest BCUT2D eigenvalue weighted by Gasteiger charge is -2.09. The molecule has 1 aromatic rings. The van der Waals surface area contributed by atoms with Crippen molar-refractivity contribution < 1.29 is 52.2 Å². The van der Waals surface area contributed by atoms with Gasteiger partial charge in [-0.2, -0.15) is 0 Å². The van der Waals surface area contributed by atoms with Gasteiger partial charge in [-0.05, 0) is 37.5 Å². The predicted molar refractivity (Wildman–Crippen MR) is 177 cm³/mol. The molecule has 11 nitrogen and oxygen atoms in total. The topological polar surface area (TPSA) is 109 Å². The number of aryl methyl sites for hydroxylation is 1. The molecule has 0 atom stereocenters. The summed E-state index contributed by atoms with van der Waals surface area (Å²) in [5, 5.41) is 0. The number of hydrogen-bond acceptors (Lipinski definition) is 11. The first-order valence-corrected chi connectivity index (χ1v) is 17.3. The summed E-state index contributed by atoms with van der Waals surface area (Å²) in [4.78, 5) is 11.2. The highest BCUT2D eigenvalue weighted by molar-refractivity contribution is 5.69. The van der Waals surface area contributed by atoms with E-state index in [1.807, 2.05) is 12.1 Å². The third kappa shape index (κ3) is 29.6. The summed E-state index contributed by atoms with van der Waals surface area (Å²) >= 11 is 0. The number of unbranched alkanes of at least 4 members (excludes halogenated alkanes) is 5. The maximum Gasteiger partial charge on any atom is 0.308 e. The average Bonchev–Trinajstić information content (AvgIpc) is 3.06. The van der Waals surface area contributed by atoms with Crippen LogP contribution in [0.3, 0.4) is 0 Å². The summed E-state index contributed by atoms with van der Waals surface area (Å²) in [6, 6.07) is 8.42. The van der Waals surface area contributed by atoms with Gasteiger partial charge in [0.1, 0.15) is 12.4 Å². The molecule has 0 N–H and O–H groups in total. The van der Waals surface area contributed by atoms with E-state index in [-0.39, 0.29) is 12.4 Å². The molecule has 268 valence electrons. The van der Waals surface area contributed by atoms with Crippen LogP contribution in [0, 0.1) is 0 Å². The van der Waals surface area contributed by atoms with E-state index in [0.29, 0.717) is 119 Å². The van der Waals surface area contributed by atoms with Gasteiger partial charge >= 0.3 is 5.97 Å². The van der Waals surface area contributed by atoms with Gasteiger partial charge in [0.25, 0.3) is 0 Å². The maximum absolute atomic E-state index is 11.2. The van der Waals surface area contributed by atoms with Crippen LogP contribution in [0.1, 0.15) is 64.4 Å². The van der Waals surface area contributed by atoms with Crippen LogP contribution in [0.15, 0.2) is 24.3 Å². The first-order valence-electron chi connectivity index (χ1n) is 17.3. The Morgan fingerprint density at radius 3 is 1.30 bits per heavy atom. The maximum atomic E-state index is 11.2. The molecule has 0 aliphatic rings. The Bertz CT molecular complexity index is 763. The third-order valence-electron chi connectivity index (χ3n) is 6.60. The van der Waals surface area contributed by atoms with Crippen molar-refractivity contribution >= 4 is 5.97 Å². The molecule has 1 rings (SSSR count). The molecule has 0 unspecified atom stereocenters. The van der Waals surface area contributed by atoms with Gasteiger partial charge in [-0.3, -0.25) is 4.79 Å². The fourth-order valence-corrected chi connectivity index (χ4v) is 4.11. The molecule has 0 saturated carbocycles. The summed E-state index contributed by atoms with van der Waals surface area (Å²) < 4.78 is 54.3. The Morgan fingerprint density at radius 1 is 0.478 bits per heavy atom. The zero-order valence-electron chi connectivity index (χ0n) is 28.7. The molecule has 11 heteroatoms. The van der Waals surface area contributed by atoms with E-state index in [4.69, 9.17) is 47.4 Å². The van der Waals surface area contributed by atoms with Crippen molar-refractivity contribution in [3.05, 3.63) is 29.8 Å². The van der Waals surface area contributed by atoms with E-state index < -0.39 is 0 Å². The molecule has 0 bridgehead atoms. The monoisotopic (exact) mass is 658 g/mol. The average molecular weight is 659 g/mol. The van der Waals surface area contributed by atoms with Crippen LogP contribution < -0.4 is 4.74 Å². The molecule has 0 amide bonds. The first-order chi connectivity index (χ1) is 22.8. The second kappa shape index (κ2) is 34.5. The van der Waals surface area contributed by atoms with Gasteiger partial charge in [0.2, 0.25) is 0 Å². The van der Waals surface area contributed by atoms with Crippen LogP contribution in [0.2, 0.25) is 0 Å². The fourth-order valence-electron chi connectivity index (χ4n) is 4.11. The van der Waals surface area contributed by atoms with E-state index >= 15 is 0 Å². The summed E-state index contributed by atoms with van der Waals surface area (Å²) in [5.41, 5.74) is 1.38. The number of ether oxygens (including phenoxy) is 10. The van der Waals surface area contributed by atoms with Crippen molar-refractivity contribution in [2.75, 3.05) is 119 Å². The van der Waals surface area contributed by atoms with E-state index in [1.165, 1.54) is 44.1 Å². The number of carbonyl (C=O) groups excluding carboxylic acids is 1. The van der Waals surface area contributed by atoms with Crippen LogP contribution >= 0.6 is 0 Å². The zero-order chi connectivity index (χ0) is 33.0. The highest BCUT2D eigenvalue weighted by Gasteiger charge is 2.01. The lowest BCUT2D eigenvalue weighted by atomic mass is 10.0. The van der Waals surface area contributed by atoms with Gasteiger partial charge < -0.3 is 47.4 Å². The number of benzene rings is 1. The number of esters is 1. The highest BCUT2D eigenvalue weighted by Crippen LogP contribution is 2.15.